The highest BCUT2D eigenvalue weighted by Crippen LogP contribution is 2.36. The molecule has 4 amide bonds. The Labute approximate surface area is 328 Å². The van der Waals surface area contributed by atoms with Crippen LogP contribution in [-0.4, -0.2) is 122 Å². The molecule has 13 nitrogen and oxygen atoms in total. The van der Waals surface area contributed by atoms with Crippen LogP contribution in [0.1, 0.15) is 97.4 Å². The van der Waals surface area contributed by atoms with Crippen molar-refractivity contribution in [1.82, 2.24) is 20.4 Å². The maximum atomic E-state index is 13.2. The van der Waals surface area contributed by atoms with Crippen molar-refractivity contribution < 1.29 is 38.2 Å². The zero-order chi connectivity index (χ0) is 39.7. The first-order chi connectivity index (χ1) is 26.9. The first-order valence-electron chi connectivity index (χ1n) is 20.3. The van der Waals surface area contributed by atoms with E-state index >= 15 is 0 Å². The maximum Gasteiger partial charge on any atom is 0.251 e. The van der Waals surface area contributed by atoms with E-state index in [2.05, 4.69) is 24.5 Å². The number of rotatable bonds is 12. The summed E-state index contributed by atoms with van der Waals surface area (Å²) < 4.78 is 11.0. The Morgan fingerprint density at radius 3 is 1.45 bits per heavy atom. The van der Waals surface area contributed by atoms with Gasteiger partial charge in [0, 0.05) is 44.0 Å². The fourth-order valence-electron chi connectivity index (χ4n) is 8.31. The molecule has 56 heavy (non-hydrogen) atoms. The summed E-state index contributed by atoms with van der Waals surface area (Å²) >= 11 is 0. The molecule has 4 heterocycles. The minimum absolute atomic E-state index is 0.0309. The summed E-state index contributed by atoms with van der Waals surface area (Å²) in [5, 5.41) is 5.87. The quantitative estimate of drug-likeness (QED) is 0.330. The largest absolute Gasteiger partial charge is 0.378 e. The van der Waals surface area contributed by atoms with Gasteiger partial charge in [-0.25, -0.2) is 0 Å². The van der Waals surface area contributed by atoms with Crippen LogP contribution in [0.2, 0.25) is 0 Å². The summed E-state index contributed by atoms with van der Waals surface area (Å²) in [6.45, 7) is 5.40. The number of fused-ring (bicyclic) bond motifs is 2. The van der Waals surface area contributed by atoms with E-state index in [1.54, 1.807) is 21.9 Å². The number of amides is 4. The number of ether oxygens (including phenoxy) is 2. The predicted octanol–water partition coefficient (Wildman–Crippen LogP) is 3.50. The lowest BCUT2D eigenvalue weighted by molar-refractivity contribution is -0.138. The SMILES string of the molecule is CC(C)c1ccc(C(=O)NC(CC2CC2)C(=O)N2CCC3OCC(=O)C32)cc1.CN(C)c1ccc(C(=O)NC(CC2CC2)C(=O)N2CCC3OCC(=O)C32)cc1. The molecule has 6 aliphatic rings. The Balaban J connectivity index is 0.000000172. The van der Waals surface area contributed by atoms with Crippen molar-refractivity contribution in [3.8, 4) is 0 Å². The molecule has 6 fully saturated rings. The summed E-state index contributed by atoms with van der Waals surface area (Å²) in [6.07, 6.45) is 6.62. The number of hydrogen-bond acceptors (Lipinski definition) is 9. The Morgan fingerprint density at radius 2 is 1.07 bits per heavy atom. The number of hydrogen-bond donors (Lipinski definition) is 2. The molecule has 2 aromatic rings. The average Bonchev–Trinajstić information content (AvgIpc) is 4.01. The third-order valence-corrected chi connectivity index (χ3v) is 12.0. The molecule has 6 unspecified atom stereocenters. The minimum atomic E-state index is -0.597. The standard InChI is InChI=1S/C22H28N2O4.C21H27N3O4/c1-13(2)15-5-7-16(8-6-15)21(26)23-17(11-14-3-4-14)22(27)24-10-9-19-20(24)18(25)12-28-19;1-23(2)15-7-5-14(6-8-15)20(26)22-16(11-13-3-4-13)21(27)24-10-9-18-19(24)17(25)12-28-18/h5-8,13-14,17,19-20H,3-4,9-12H2,1-2H3,(H,23,26);5-8,13,16,18-19H,3-4,9-12H2,1-2H3,(H,22,26). The van der Waals surface area contributed by atoms with Crippen LogP contribution in [0.4, 0.5) is 5.69 Å². The number of nitrogens with one attached hydrogen (secondary N) is 2. The van der Waals surface area contributed by atoms with Gasteiger partial charge < -0.3 is 34.8 Å². The highest BCUT2D eigenvalue weighted by atomic mass is 16.5. The van der Waals surface area contributed by atoms with Gasteiger partial charge in [-0.05, 0) is 85.4 Å². The van der Waals surface area contributed by atoms with E-state index in [0.717, 1.165) is 31.4 Å². The van der Waals surface area contributed by atoms with E-state index in [4.69, 9.17) is 9.47 Å². The van der Waals surface area contributed by atoms with Crippen molar-refractivity contribution >= 4 is 40.9 Å². The molecule has 6 atom stereocenters. The van der Waals surface area contributed by atoms with Gasteiger partial charge in [0.1, 0.15) is 37.4 Å². The lowest BCUT2D eigenvalue weighted by Crippen LogP contribution is -2.52. The van der Waals surface area contributed by atoms with Gasteiger partial charge in [-0.3, -0.25) is 28.8 Å². The van der Waals surface area contributed by atoms with Crippen LogP contribution < -0.4 is 15.5 Å². The molecule has 4 aliphatic heterocycles. The van der Waals surface area contributed by atoms with Crippen molar-refractivity contribution in [2.75, 3.05) is 45.3 Å². The van der Waals surface area contributed by atoms with E-state index in [9.17, 15) is 28.8 Å². The Hall–Kier alpha value is -4.62. The molecule has 0 bridgehead atoms. The third kappa shape index (κ3) is 8.99. The fourth-order valence-corrected chi connectivity index (χ4v) is 8.31. The van der Waals surface area contributed by atoms with Crippen LogP contribution in [-0.2, 0) is 28.7 Å². The molecular weight excluding hydrogens is 714 g/mol. The average molecular weight is 770 g/mol. The van der Waals surface area contributed by atoms with Gasteiger partial charge in [-0.2, -0.15) is 0 Å². The van der Waals surface area contributed by atoms with Gasteiger partial charge in [0.05, 0.1) is 12.2 Å². The number of likely N-dealkylation sites (tertiary alicyclic amines) is 2. The molecule has 2 N–H and O–H groups in total. The summed E-state index contributed by atoms with van der Waals surface area (Å²) in [7, 11) is 3.88. The minimum Gasteiger partial charge on any atom is -0.378 e. The predicted molar refractivity (Wildman–Crippen MR) is 208 cm³/mol. The fraction of sp³-hybridized carbons (Fsp3) is 0.581. The van der Waals surface area contributed by atoms with E-state index in [1.165, 1.54) is 5.56 Å². The second-order valence-corrected chi connectivity index (χ2v) is 16.8. The number of carbonyl (C=O) groups is 6. The maximum absolute atomic E-state index is 13.2. The number of nitrogens with zero attached hydrogens (tertiary/aromatic N) is 3. The molecule has 2 saturated carbocycles. The van der Waals surface area contributed by atoms with Crippen LogP contribution in [0.15, 0.2) is 48.5 Å². The van der Waals surface area contributed by atoms with E-state index in [1.807, 2.05) is 55.4 Å². The number of ketones is 2. The van der Waals surface area contributed by atoms with Gasteiger partial charge in [-0.15, -0.1) is 0 Å². The van der Waals surface area contributed by atoms with Gasteiger partial charge in [0.2, 0.25) is 11.8 Å². The number of anilines is 1. The summed E-state index contributed by atoms with van der Waals surface area (Å²) in [6, 6.07) is 12.7. The second kappa shape index (κ2) is 16.9. The van der Waals surface area contributed by atoms with Crippen LogP contribution >= 0.6 is 0 Å². The monoisotopic (exact) mass is 769 g/mol. The Bertz CT molecular complexity index is 1670. The molecule has 0 radical (unpaired) electrons. The van der Waals surface area contributed by atoms with Crippen molar-refractivity contribution in [2.24, 2.45) is 11.8 Å². The molecular formula is C43H55N5O8. The summed E-state index contributed by atoms with van der Waals surface area (Å²) in [5.74, 6) is 0.486. The zero-order valence-electron chi connectivity index (χ0n) is 32.9. The highest BCUT2D eigenvalue weighted by Gasteiger charge is 2.50. The lowest BCUT2D eigenvalue weighted by Gasteiger charge is -2.27. The molecule has 8 rings (SSSR count). The first-order valence-corrected chi connectivity index (χ1v) is 20.3. The topological polar surface area (TPSA) is 155 Å². The van der Waals surface area contributed by atoms with Crippen LogP contribution in [0.3, 0.4) is 0 Å². The van der Waals surface area contributed by atoms with Crippen LogP contribution in [0, 0.1) is 11.8 Å². The Morgan fingerprint density at radius 1 is 0.661 bits per heavy atom. The normalized spacial score (nSPS) is 24.9. The van der Waals surface area contributed by atoms with Crippen molar-refractivity contribution in [3.63, 3.8) is 0 Å². The first kappa shape index (κ1) is 39.6. The van der Waals surface area contributed by atoms with Crippen LogP contribution in [0.5, 0.6) is 0 Å². The molecule has 2 aromatic carbocycles. The molecule has 0 aromatic heterocycles. The number of benzene rings is 2. The van der Waals surface area contributed by atoms with E-state index in [0.29, 0.717) is 67.7 Å². The number of carbonyl (C=O) groups excluding carboxylic acids is 6. The highest BCUT2D eigenvalue weighted by molar-refractivity contribution is 6.00. The van der Waals surface area contributed by atoms with Gasteiger partial charge >= 0.3 is 0 Å². The molecule has 0 spiro atoms. The molecule has 4 saturated heterocycles. The molecule has 300 valence electrons. The molecule has 2 aliphatic carbocycles. The van der Waals surface area contributed by atoms with Crippen molar-refractivity contribution in [1.29, 1.82) is 0 Å². The van der Waals surface area contributed by atoms with Gasteiger partial charge in [-0.1, -0.05) is 51.7 Å². The van der Waals surface area contributed by atoms with E-state index < -0.39 is 24.2 Å². The van der Waals surface area contributed by atoms with Gasteiger partial charge in [0.25, 0.3) is 11.8 Å². The number of Topliss-reactive ketones (excluding diaryl/α,β-unsaturated/α-hetero) is 2. The zero-order valence-corrected chi connectivity index (χ0v) is 32.9. The molecule has 13 heteroatoms. The van der Waals surface area contributed by atoms with Gasteiger partial charge in [0.15, 0.2) is 11.6 Å². The third-order valence-electron chi connectivity index (χ3n) is 12.0. The van der Waals surface area contributed by atoms with Crippen molar-refractivity contribution in [2.45, 2.75) is 108 Å². The second-order valence-electron chi connectivity index (χ2n) is 16.8. The smallest absolute Gasteiger partial charge is 0.251 e. The van der Waals surface area contributed by atoms with E-state index in [-0.39, 0.29) is 60.6 Å². The van der Waals surface area contributed by atoms with Crippen LogP contribution in [0.25, 0.3) is 0 Å². The van der Waals surface area contributed by atoms with Crippen molar-refractivity contribution in [3.05, 3.63) is 65.2 Å². The Kier molecular flexibility index (Phi) is 11.9. The summed E-state index contributed by atoms with van der Waals surface area (Å²) in [4.78, 5) is 81.5. The lowest BCUT2D eigenvalue weighted by atomic mass is 10.0. The summed E-state index contributed by atoms with van der Waals surface area (Å²) in [5.41, 5.74) is 3.26.